The molecule has 90 valence electrons. The second-order valence-corrected chi connectivity index (χ2v) is 3.81. The number of amides is 1. The molecule has 2 unspecified atom stereocenters. The Morgan fingerprint density at radius 2 is 2.12 bits per heavy atom. The molecule has 2 N–H and O–H groups in total. The first kappa shape index (κ1) is 12.5. The minimum atomic E-state index is -0.769. The molecule has 1 amide bonds. The Bertz CT molecular complexity index is 288. The number of ether oxygens (including phenoxy) is 1. The van der Waals surface area contributed by atoms with Crippen molar-refractivity contribution in [3.8, 4) is 0 Å². The third-order valence-corrected chi connectivity index (χ3v) is 2.64. The van der Waals surface area contributed by atoms with Crippen molar-refractivity contribution >= 4 is 12.1 Å². The van der Waals surface area contributed by atoms with Gasteiger partial charge < -0.3 is 15.2 Å². The number of nitrogens with one attached hydrogen (secondary N) is 1. The number of carbonyl (C=O) groups excluding carboxylic acids is 1. The van der Waals surface area contributed by atoms with E-state index in [-0.39, 0.29) is 12.0 Å². The first-order valence-electron chi connectivity index (χ1n) is 5.41. The first-order valence-corrected chi connectivity index (χ1v) is 5.41. The van der Waals surface area contributed by atoms with E-state index in [1.807, 2.05) is 12.2 Å². The molecule has 0 saturated carbocycles. The molecule has 0 bridgehead atoms. The molecule has 5 heteroatoms. The molecule has 5 nitrogen and oxygen atoms in total. The molecule has 0 fully saturated rings. The lowest BCUT2D eigenvalue weighted by atomic mass is 9.93. The highest BCUT2D eigenvalue weighted by atomic mass is 16.6. The van der Waals surface area contributed by atoms with Crippen LogP contribution in [0.3, 0.4) is 0 Å². The summed E-state index contributed by atoms with van der Waals surface area (Å²) in [6, 6.07) is 0. The van der Waals surface area contributed by atoms with Crippen LogP contribution in [0, 0.1) is 5.92 Å². The summed E-state index contributed by atoms with van der Waals surface area (Å²) in [6.07, 6.45) is 5.37. The van der Waals surface area contributed by atoms with E-state index in [9.17, 15) is 9.59 Å². The number of aliphatic carboxylic acids is 1. The van der Waals surface area contributed by atoms with Crippen molar-refractivity contribution in [2.45, 2.75) is 31.8 Å². The quantitative estimate of drug-likeness (QED) is 0.702. The number of carbonyl (C=O) groups is 2. The summed E-state index contributed by atoms with van der Waals surface area (Å²) in [4.78, 5) is 21.9. The smallest absolute Gasteiger partial charge is 0.407 e. The highest BCUT2D eigenvalue weighted by molar-refractivity contribution is 5.70. The van der Waals surface area contributed by atoms with E-state index in [0.29, 0.717) is 25.7 Å². The van der Waals surface area contributed by atoms with Crippen LogP contribution in [-0.4, -0.2) is 30.3 Å². The van der Waals surface area contributed by atoms with Gasteiger partial charge in [0.15, 0.2) is 0 Å². The Morgan fingerprint density at radius 1 is 1.38 bits per heavy atom. The lowest BCUT2D eigenvalue weighted by Gasteiger charge is -2.19. The number of carboxylic acids is 1. The summed E-state index contributed by atoms with van der Waals surface area (Å²) in [5.74, 6) is -1.10. The number of allylic oxidation sites excluding steroid dienone is 1. The summed E-state index contributed by atoms with van der Waals surface area (Å²) in [6.45, 7) is 0. The molecular weight excluding hydrogens is 210 g/mol. The molecular formula is C11H17NO4. The molecule has 1 rings (SSSR count). The van der Waals surface area contributed by atoms with E-state index < -0.39 is 12.1 Å². The Balaban J connectivity index is 2.51. The number of hydrogen-bond acceptors (Lipinski definition) is 3. The van der Waals surface area contributed by atoms with Gasteiger partial charge in [-0.15, -0.1) is 0 Å². The Kier molecular flexibility index (Phi) is 4.82. The summed E-state index contributed by atoms with van der Waals surface area (Å²) >= 11 is 0. The fourth-order valence-corrected chi connectivity index (χ4v) is 1.69. The van der Waals surface area contributed by atoms with Crippen LogP contribution >= 0.6 is 0 Å². The predicted molar refractivity (Wildman–Crippen MR) is 58.1 cm³/mol. The van der Waals surface area contributed by atoms with Gasteiger partial charge in [-0.2, -0.15) is 0 Å². The standard InChI is InChI=1S/C11H17NO4/c1-12-11(15)16-9-5-3-2-4-8(6-7-9)10(13)14/h3,5,8-9H,2,4,6-7H2,1H3,(H,12,15)(H,13,14)/b5-3+. The van der Waals surface area contributed by atoms with Crippen LogP contribution in [0.15, 0.2) is 12.2 Å². The molecule has 0 saturated heterocycles. The molecule has 0 aromatic heterocycles. The summed E-state index contributed by atoms with van der Waals surface area (Å²) < 4.78 is 5.07. The zero-order chi connectivity index (χ0) is 12.0. The van der Waals surface area contributed by atoms with Gasteiger partial charge in [0.05, 0.1) is 5.92 Å². The normalized spacial score (nSPS) is 27.3. The van der Waals surface area contributed by atoms with E-state index in [2.05, 4.69) is 5.32 Å². The van der Waals surface area contributed by atoms with E-state index in [4.69, 9.17) is 9.84 Å². The van der Waals surface area contributed by atoms with Crippen molar-refractivity contribution in [1.29, 1.82) is 0 Å². The fourth-order valence-electron chi connectivity index (χ4n) is 1.69. The highest BCUT2D eigenvalue weighted by Gasteiger charge is 2.21. The minimum Gasteiger partial charge on any atom is -0.481 e. The zero-order valence-corrected chi connectivity index (χ0v) is 9.31. The zero-order valence-electron chi connectivity index (χ0n) is 9.31. The van der Waals surface area contributed by atoms with Crippen molar-refractivity contribution in [2.75, 3.05) is 7.05 Å². The van der Waals surface area contributed by atoms with Crippen molar-refractivity contribution in [1.82, 2.24) is 5.32 Å². The Labute approximate surface area is 94.5 Å². The van der Waals surface area contributed by atoms with Gasteiger partial charge in [-0.3, -0.25) is 4.79 Å². The number of alkyl carbamates (subject to hydrolysis) is 1. The van der Waals surface area contributed by atoms with Crippen LogP contribution in [0.5, 0.6) is 0 Å². The van der Waals surface area contributed by atoms with E-state index in [1.165, 1.54) is 7.05 Å². The average molecular weight is 227 g/mol. The minimum absolute atomic E-state index is 0.318. The second kappa shape index (κ2) is 6.15. The average Bonchev–Trinajstić information content (AvgIpc) is 2.21. The van der Waals surface area contributed by atoms with Crippen LogP contribution in [0.4, 0.5) is 4.79 Å². The Morgan fingerprint density at radius 3 is 2.75 bits per heavy atom. The lowest BCUT2D eigenvalue weighted by Crippen LogP contribution is -2.26. The maximum atomic E-state index is 11.0. The van der Waals surface area contributed by atoms with Crippen LogP contribution in [0.1, 0.15) is 25.7 Å². The Hall–Kier alpha value is -1.52. The van der Waals surface area contributed by atoms with Gasteiger partial charge in [-0.05, 0) is 31.8 Å². The van der Waals surface area contributed by atoms with Crippen LogP contribution in [-0.2, 0) is 9.53 Å². The van der Waals surface area contributed by atoms with Crippen LogP contribution < -0.4 is 5.32 Å². The third kappa shape index (κ3) is 3.92. The fraction of sp³-hybridized carbons (Fsp3) is 0.636. The molecule has 2 atom stereocenters. The maximum Gasteiger partial charge on any atom is 0.407 e. The molecule has 0 heterocycles. The van der Waals surface area contributed by atoms with Crippen molar-refractivity contribution < 1.29 is 19.4 Å². The predicted octanol–water partition coefficient (Wildman–Crippen LogP) is 1.54. The first-order chi connectivity index (χ1) is 7.63. The van der Waals surface area contributed by atoms with Gasteiger partial charge in [-0.25, -0.2) is 4.79 Å². The van der Waals surface area contributed by atoms with Crippen LogP contribution in [0.2, 0.25) is 0 Å². The molecule has 1 aliphatic carbocycles. The van der Waals surface area contributed by atoms with Crippen molar-refractivity contribution in [2.24, 2.45) is 5.92 Å². The topological polar surface area (TPSA) is 75.6 Å². The molecule has 0 aromatic carbocycles. The summed E-state index contributed by atoms with van der Waals surface area (Å²) in [5.41, 5.74) is 0. The molecule has 0 aromatic rings. The van der Waals surface area contributed by atoms with Crippen molar-refractivity contribution in [3.63, 3.8) is 0 Å². The van der Waals surface area contributed by atoms with E-state index in [0.717, 1.165) is 0 Å². The maximum absolute atomic E-state index is 11.0. The SMILES string of the molecule is CNC(=O)OC1/C=C/CCC(C(=O)O)CC1. The summed E-state index contributed by atoms with van der Waals surface area (Å²) in [7, 11) is 1.50. The number of hydrogen-bond donors (Lipinski definition) is 2. The van der Waals surface area contributed by atoms with Gasteiger partial charge in [0.2, 0.25) is 0 Å². The molecule has 0 aliphatic heterocycles. The highest BCUT2D eigenvalue weighted by Crippen LogP contribution is 2.20. The largest absolute Gasteiger partial charge is 0.481 e. The molecule has 0 radical (unpaired) electrons. The van der Waals surface area contributed by atoms with Crippen molar-refractivity contribution in [3.05, 3.63) is 12.2 Å². The molecule has 16 heavy (non-hydrogen) atoms. The number of rotatable bonds is 2. The molecule has 1 aliphatic rings. The number of carboxylic acid groups (broad SMARTS) is 1. The third-order valence-electron chi connectivity index (χ3n) is 2.64. The van der Waals surface area contributed by atoms with Gasteiger partial charge in [0.25, 0.3) is 0 Å². The second-order valence-electron chi connectivity index (χ2n) is 3.81. The molecule has 0 spiro atoms. The van der Waals surface area contributed by atoms with E-state index >= 15 is 0 Å². The van der Waals surface area contributed by atoms with E-state index in [1.54, 1.807) is 0 Å². The van der Waals surface area contributed by atoms with Gasteiger partial charge in [0.1, 0.15) is 6.10 Å². The van der Waals surface area contributed by atoms with Crippen LogP contribution in [0.25, 0.3) is 0 Å². The van der Waals surface area contributed by atoms with Gasteiger partial charge in [-0.1, -0.05) is 6.08 Å². The lowest BCUT2D eigenvalue weighted by molar-refractivity contribution is -0.142. The summed E-state index contributed by atoms with van der Waals surface area (Å²) in [5, 5.41) is 11.3. The monoisotopic (exact) mass is 227 g/mol. The van der Waals surface area contributed by atoms with Gasteiger partial charge >= 0.3 is 12.1 Å². The van der Waals surface area contributed by atoms with Gasteiger partial charge in [0, 0.05) is 7.05 Å².